The van der Waals surface area contributed by atoms with Crippen LogP contribution in [0.15, 0.2) is 0 Å². The van der Waals surface area contributed by atoms with E-state index in [1.165, 1.54) is 7.05 Å². The van der Waals surface area contributed by atoms with E-state index in [9.17, 15) is 14.0 Å². The number of halogens is 1. The molecule has 0 aromatic carbocycles. The highest BCUT2D eigenvalue weighted by molar-refractivity contribution is 5.80. The van der Waals surface area contributed by atoms with Crippen molar-refractivity contribution in [3.63, 3.8) is 0 Å². The van der Waals surface area contributed by atoms with Crippen LogP contribution in [-0.2, 0) is 9.59 Å². The quantitative estimate of drug-likeness (QED) is 0.615. The number of carbonyl (C=O) groups excluding carboxylic acids is 1. The molecule has 4 nitrogen and oxygen atoms in total. The number of unbranched alkanes of at least 4 members (excludes halogenated alkanes) is 2. The van der Waals surface area contributed by atoms with Crippen molar-refractivity contribution in [1.82, 2.24) is 4.90 Å². The minimum absolute atomic E-state index is 0.220. The molecule has 1 amide bonds. The molecule has 0 radical (unpaired) electrons. The van der Waals surface area contributed by atoms with Gasteiger partial charge >= 0.3 is 5.97 Å². The minimum atomic E-state index is -1.03. The third-order valence-electron chi connectivity index (χ3n) is 2.83. The molecule has 0 saturated heterocycles. The summed E-state index contributed by atoms with van der Waals surface area (Å²) in [6, 6.07) is 0. The summed E-state index contributed by atoms with van der Waals surface area (Å²) in [7, 11) is 1.45. The lowest BCUT2D eigenvalue weighted by Gasteiger charge is -2.14. The van der Waals surface area contributed by atoms with Gasteiger partial charge in [-0.15, -0.1) is 0 Å². The molecular weight excluding hydrogens is 237 g/mol. The Labute approximate surface area is 108 Å². The Morgan fingerprint density at radius 1 is 1.22 bits per heavy atom. The molecule has 1 unspecified atom stereocenters. The lowest BCUT2D eigenvalue weighted by molar-refractivity contribution is -0.143. The lowest BCUT2D eigenvalue weighted by atomic mass is 10.1. The molecule has 0 aromatic rings. The molecule has 0 aromatic heterocycles. The predicted molar refractivity (Wildman–Crippen MR) is 68.2 cm³/mol. The van der Waals surface area contributed by atoms with Crippen LogP contribution >= 0.6 is 0 Å². The molecular formula is C13H24FNO3. The van der Waals surface area contributed by atoms with Crippen molar-refractivity contribution in [2.24, 2.45) is 0 Å². The van der Waals surface area contributed by atoms with Crippen LogP contribution in [0, 0.1) is 0 Å². The van der Waals surface area contributed by atoms with Crippen LogP contribution < -0.4 is 0 Å². The number of carbonyl (C=O) groups is 2. The molecule has 0 saturated carbocycles. The summed E-state index contributed by atoms with van der Waals surface area (Å²) in [5.41, 5.74) is 0. The van der Waals surface area contributed by atoms with Crippen LogP contribution in [0.5, 0.6) is 0 Å². The number of nitrogens with zero attached hydrogens (tertiary/aromatic N) is 1. The Morgan fingerprint density at radius 3 is 2.39 bits per heavy atom. The van der Waals surface area contributed by atoms with E-state index in [2.05, 4.69) is 6.92 Å². The van der Waals surface area contributed by atoms with Gasteiger partial charge < -0.3 is 10.0 Å². The predicted octanol–water partition coefficient (Wildman–Crippen LogP) is 2.62. The summed E-state index contributed by atoms with van der Waals surface area (Å²) in [6.07, 6.45) is 3.82. The number of carboxylic acids is 1. The van der Waals surface area contributed by atoms with Gasteiger partial charge in [0, 0.05) is 13.5 Å². The van der Waals surface area contributed by atoms with Gasteiger partial charge in [-0.2, -0.15) is 0 Å². The summed E-state index contributed by atoms with van der Waals surface area (Å²) in [4.78, 5) is 23.0. The van der Waals surface area contributed by atoms with Crippen LogP contribution in [-0.4, -0.2) is 41.6 Å². The highest BCUT2D eigenvalue weighted by atomic mass is 19.1. The van der Waals surface area contributed by atoms with Gasteiger partial charge in [0.2, 0.25) is 5.91 Å². The van der Waals surface area contributed by atoms with Crippen LogP contribution in [0.2, 0.25) is 0 Å². The number of likely N-dealkylation sites (N-methyl/N-ethyl adjacent to an activating group) is 1. The van der Waals surface area contributed by atoms with Crippen molar-refractivity contribution in [3.8, 4) is 0 Å². The average molecular weight is 261 g/mol. The first-order chi connectivity index (χ1) is 8.47. The molecule has 18 heavy (non-hydrogen) atoms. The van der Waals surface area contributed by atoms with Gasteiger partial charge in [-0.05, 0) is 19.3 Å². The van der Waals surface area contributed by atoms with E-state index in [1.807, 2.05) is 0 Å². The minimum Gasteiger partial charge on any atom is -0.480 e. The average Bonchev–Trinajstić information content (AvgIpc) is 2.28. The molecule has 0 aliphatic carbocycles. The van der Waals surface area contributed by atoms with Gasteiger partial charge in [0.15, 0.2) is 0 Å². The summed E-state index contributed by atoms with van der Waals surface area (Å²) < 4.78 is 13.4. The van der Waals surface area contributed by atoms with E-state index < -0.39 is 12.1 Å². The largest absolute Gasteiger partial charge is 0.480 e. The molecule has 106 valence electrons. The van der Waals surface area contributed by atoms with Crippen molar-refractivity contribution in [2.75, 3.05) is 13.6 Å². The monoisotopic (exact) mass is 261 g/mol. The van der Waals surface area contributed by atoms with E-state index in [1.54, 1.807) is 0 Å². The first kappa shape index (κ1) is 16.9. The van der Waals surface area contributed by atoms with Crippen molar-refractivity contribution >= 4 is 11.9 Å². The Kier molecular flexibility index (Phi) is 9.24. The fraction of sp³-hybridized carbons (Fsp3) is 0.846. The number of carboxylic acid groups (broad SMARTS) is 1. The Balaban J connectivity index is 3.63. The molecule has 0 bridgehead atoms. The number of hydrogen-bond acceptors (Lipinski definition) is 2. The number of aliphatic carboxylic acids is 1. The van der Waals surface area contributed by atoms with Gasteiger partial charge in [0.25, 0.3) is 0 Å². The fourth-order valence-corrected chi connectivity index (χ4v) is 1.72. The molecule has 0 spiro atoms. The smallest absolute Gasteiger partial charge is 0.323 e. The third kappa shape index (κ3) is 8.96. The summed E-state index contributed by atoms with van der Waals surface area (Å²) in [5.74, 6) is -1.27. The van der Waals surface area contributed by atoms with Crippen LogP contribution in [0.1, 0.15) is 51.9 Å². The van der Waals surface area contributed by atoms with Crippen LogP contribution in [0.25, 0.3) is 0 Å². The van der Waals surface area contributed by atoms with Crippen LogP contribution in [0.4, 0.5) is 4.39 Å². The third-order valence-corrected chi connectivity index (χ3v) is 2.83. The van der Waals surface area contributed by atoms with Gasteiger partial charge in [-0.3, -0.25) is 9.59 Å². The first-order valence-corrected chi connectivity index (χ1v) is 6.57. The zero-order chi connectivity index (χ0) is 14.0. The lowest BCUT2D eigenvalue weighted by Crippen LogP contribution is -2.31. The maximum absolute atomic E-state index is 13.4. The molecule has 1 atom stereocenters. The second-order valence-corrected chi connectivity index (χ2v) is 4.63. The zero-order valence-corrected chi connectivity index (χ0v) is 11.3. The Hall–Kier alpha value is -1.13. The van der Waals surface area contributed by atoms with Gasteiger partial charge in [-0.25, -0.2) is 4.39 Å². The summed E-state index contributed by atoms with van der Waals surface area (Å²) in [5, 5.41) is 8.51. The van der Waals surface area contributed by atoms with Crippen molar-refractivity contribution in [3.05, 3.63) is 0 Å². The number of hydrogen-bond donors (Lipinski definition) is 1. The Bertz CT molecular complexity index is 259. The molecule has 5 heteroatoms. The molecule has 0 rings (SSSR count). The number of amides is 1. The van der Waals surface area contributed by atoms with Gasteiger partial charge in [0.1, 0.15) is 12.7 Å². The molecule has 0 fully saturated rings. The van der Waals surface area contributed by atoms with E-state index in [-0.39, 0.29) is 18.9 Å². The summed E-state index contributed by atoms with van der Waals surface area (Å²) >= 11 is 0. The van der Waals surface area contributed by atoms with E-state index in [0.717, 1.165) is 24.2 Å². The van der Waals surface area contributed by atoms with Crippen molar-refractivity contribution in [2.45, 2.75) is 58.0 Å². The zero-order valence-electron chi connectivity index (χ0n) is 11.3. The molecule has 0 aliphatic rings. The molecule has 1 N–H and O–H groups in total. The highest BCUT2D eigenvalue weighted by Crippen LogP contribution is 2.13. The van der Waals surface area contributed by atoms with E-state index in [0.29, 0.717) is 19.3 Å². The maximum Gasteiger partial charge on any atom is 0.323 e. The highest BCUT2D eigenvalue weighted by Gasteiger charge is 2.13. The molecule has 0 aliphatic heterocycles. The first-order valence-electron chi connectivity index (χ1n) is 6.57. The van der Waals surface area contributed by atoms with Crippen LogP contribution in [0.3, 0.4) is 0 Å². The topological polar surface area (TPSA) is 57.6 Å². The Morgan fingerprint density at radius 2 is 1.83 bits per heavy atom. The fourth-order valence-electron chi connectivity index (χ4n) is 1.72. The summed E-state index contributed by atoms with van der Waals surface area (Å²) in [6.45, 7) is 1.78. The normalized spacial score (nSPS) is 12.2. The number of rotatable bonds is 10. The van der Waals surface area contributed by atoms with Gasteiger partial charge in [-0.1, -0.05) is 26.2 Å². The second-order valence-electron chi connectivity index (χ2n) is 4.63. The molecule has 0 heterocycles. The second kappa shape index (κ2) is 9.85. The van der Waals surface area contributed by atoms with E-state index in [4.69, 9.17) is 5.11 Å². The van der Waals surface area contributed by atoms with Crippen molar-refractivity contribution < 1.29 is 19.1 Å². The van der Waals surface area contributed by atoms with E-state index >= 15 is 0 Å². The number of alkyl halides is 1. The van der Waals surface area contributed by atoms with Gasteiger partial charge in [0.05, 0.1) is 0 Å². The standard InChI is InChI=1S/C13H24FNO3/c1-3-4-5-7-11(14)8-6-9-12(16)15(2)10-13(17)18/h11H,3-10H2,1-2H3,(H,17,18). The SMILES string of the molecule is CCCCCC(F)CCCC(=O)N(C)CC(=O)O. The maximum atomic E-state index is 13.4. The van der Waals surface area contributed by atoms with Crippen molar-refractivity contribution in [1.29, 1.82) is 0 Å².